The van der Waals surface area contributed by atoms with Crippen molar-refractivity contribution in [3.8, 4) is 5.88 Å². The van der Waals surface area contributed by atoms with E-state index < -0.39 is 0 Å². The first kappa shape index (κ1) is 15.0. The number of aromatic nitrogens is 1. The number of thiocarbonyl (C=S) groups is 1. The average Bonchev–Trinajstić information content (AvgIpc) is 2.81. The fraction of sp³-hybridized carbons (Fsp3) is 0.438. The van der Waals surface area contributed by atoms with Crippen LogP contribution in [0, 0.1) is 6.92 Å². The number of aromatic hydroxyl groups is 1. The third kappa shape index (κ3) is 3.27. The van der Waals surface area contributed by atoms with E-state index in [1.54, 1.807) is 0 Å². The lowest BCUT2D eigenvalue weighted by atomic mass is 9.96. The van der Waals surface area contributed by atoms with Gasteiger partial charge in [-0.2, -0.15) is 0 Å². The molecule has 0 unspecified atom stereocenters. The number of benzene rings is 1. The summed E-state index contributed by atoms with van der Waals surface area (Å²) < 4.78 is 0. The van der Waals surface area contributed by atoms with Crippen LogP contribution in [0.15, 0.2) is 28.4 Å². The van der Waals surface area contributed by atoms with Crippen molar-refractivity contribution in [3.63, 3.8) is 0 Å². The molecule has 1 heterocycles. The van der Waals surface area contributed by atoms with Crippen molar-refractivity contribution in [1.29, 1.82) is 0 Å². The molecule has 0 spiro atoms. The largest absolute Gasteiger partial charge is 0.493 e. The topological polar surface area (TPSA) is 72.8 Å². The Kier molecular flexibility index (Phi) is 4.38. The van der Waals surface area contributed by atoms with E-state index in [9.17, 15) is 5.11 Å². The summed E-state index contributed by atoms with van der Waals surface area (Å²) in [5.41, 5.74) is 2.38. The second-order valence-corrected chi connectivity index (χ2v) is 6.24. The van der Waals surface area contributed by atoms with Gasteiger partial charge in [-0.15, -0.1) is 10.2 Å². The van der Waals surface area contributed by atoms with E-state index in [2.05, 4.69) is 20.5 Å². The van der Waals surface area contributed by atoms with Gasteiger partial charge in [0.25, 0.3) is 0 Å². The molecule has 1 saturated carbocycles. The van der Waals surface area contributed by atoms with Crippen molar-refractivity contribution in [1.82, 2.24) is 10.3 Å². The van der Waals surface area contributed by atoms with E-state index in [1.165, 1.54) is 19.3 Å². The summed E-state index contributed by atoms with van der Waals surface area (Å²) in [6.07, 6.45) is 6.04. The van der Waals surface area contributed by atoms with Gasteiger partial charge in [-0.3, -0.25) is 0 Å². The number of azo groups is 1. The first-order valence-electron chi connectivity index (χ1n) is 7.67. The lowest BCUT2D eigenvalue weighted by molar-refractivity contribution is 0.414. The minimum Gasteiger partial charge on any atom is -0.493 e. The van der Waals surface area contributed by atoms with Gasteiger partial charge in [0.15, 0.2) is 5.69 Å². The molecule has 0 radical (unpaired) electrons. The number of rotatable bonds is 2. The predicted molar refractivity (Wildman–Crippen MR) is 91.8 cm³/mol. The Labute approximate surface area is 134 Å². The number of nitrogens with zero attached hydrogens (tertiary/aromatic N) is 2. The molecular formula is C16H20N4OS. The summed E-state index contributed by atoms with van der Waals surface area (Å²) in [5, 5.41) is 22.7. The summed E-state index contributed by atoms with van der Waals surface area (Å²) in [7, 11) is 0. The molecule has 3 N–H and O–H groups in total. The lowest BCUT2D eigenvalue weighted by Crippen LogP contribution is -2.33. The zero-order valence-electron chi connectivity index (χ0n) is 12.6. The Bertz CT molecular complexity index is 716. The molecule has 5 nitrogen and oxygen atoms in total. The lowest BCUT2D eigenvalue weighted by Gasteiger charge is -2.22. The number of aromatic amines is 1. The van der Waals surface area contributed by atoms with Crippen molar-refractivity contribution >= 4 is 33.9 Å². The number of H-pyrrole nitrogens is 1. The zero-order chi connectivity index (χ0) is 15.5. The molecule has 1 fully saturated rings. The predicted octanol–water partition coefficient (Wildman–Crippen LogP) is 4.47. The summed E-state index contributed by atoms with van der Waals surface area (Å²) in [6, 6.07) is 6.27. The van der Waals surface area contributed by atoms with Crippen LogP contribution in [0.1, 0.15) is 37.7 Å². The van der Waals surface area contributed by atoms with Gasteiger partial charge in [0, 0.05) is 11.4 Å². The van der Waals surface area contributed by atoms with Gasteiger partial charge in [-0.25, -0.2) is 0 Å². The van der Waals surface area contributed by atoms with Gasteiger partial charge >= 0.3 is 0 Å². The molecule has 3 rings (SSSR count). The fourth-order valence-corrected chi connectivity index (χ4v) is 3.13. The van der Waals surface area contributed by atoms with Gasteiger partial charge in [0.2, 0.25) is 11.0 Å². The maximum atomic E-state index is 9.99. The second-order valence-electron chi connectivity index (χ2n) is 5.86. The molecule has 1 aliphatic rings. The second kappa shape index (κ2) is 6.44. The third-order valence-corrected chi connectivity index (χ3v) is 4.28. The minimum atomic E-state index is 0.0183. The molecule has 6 heteroatoms. The number of nitrogens with one attached hydrogen (secondary N) is 2. The highest BCUT2D eigenvalue weighted by molar-refractivity contribution is 7.80. The first-order valence-corrected chi connectivity index (χ1v) is 8.08. The number of fused-ring (bicyclic) bond motifs is 1. The van der Waals surface area contributed by atoms with Crippen molar-refractivity contribution in [2.45, 2.75) is 45.1 Å². The SMILES string of the molecule is Cc1ccc2[nH]c(O)c(N=NC(=S)NC3CCCCC3)c2c1. The Balaban J connectivity index is 1.75. The number of aryl methyl sites for hydroxylation is 1. The highest BCUT2D eigenvalue weighted by Gasteiger charge is 2.14. The smallest absolute Gasteiger partial charge is 0.218 e. The molecule has 116 valence electrons. The van der Waals surface area contributed by atoms with Crippen LogP contribution in [0.25, 0.3) is 10.9 Å². The van der Waals surface area contributed by atoms with E-state index in [0.29, 0.717) is 16.8 Å². The highest BCUT2D eigenvalue weighted by atomic mass is 32.1. The van der Waals surface area contributed by atoms with E-state index >= 15 is 0 Å². The van der Waals surface area contributed by atoms with Crippen LogP contribution >= 0.6 is 12.2 Å². The van der Waals surface area contributed by atoms with E-state index in [4.69, 9.17) is 12.2 Å². The van der Waals surface area contributed by atoms with E-state index in [1.807, 2.05) is 25.1 Å². The van der Waals surface area contributed by atoms with Crippen LogP contribution in [-0.2, 0) is 0 Å². The molecule has 1 aromatic carbocycles. The number of hydrogen-bond donors (Lipinski definition) is 3. The fourth-order valence-electron chi connectivity index (χ4n) is 2.92. The molecule has 2 aromatic rings. The van der Waals surface area contributed by atoms with E-state index in [0.717, 1.165) is 29.3 Å². The summed E-state index contributed by atoms with van der Waals surface area (Å²) >= 11 is 5.24. The maximum absolute atomic E-state index is 9.99. The van der Waals surface area contributed by atoms with Crippen molar-refractivity contribution in [3.05, 3.63) is 23.8 Å². The van der Waals surface area contributed by atoms with Crippen LogP contribution in [0.3, 0.4) is 0 Å². The monoisotopic (exact) mass is 316 g/mol. The Morgan fingerprint density at radius 2 is 2.09 bits per heavy atom. The summed E-state index contributed by atoms with van der Waals surface area (Å²) in [5.74, 6) is 0.0183. The van der Waals surface area contributed by atoms with Gasteiger partial charge < -0.3 is 15.4 Å². The summed E-state index contributed by atoms with van der Waals surface area (Å²) in [6.45, 7) is 2.00. The van der Waals surface area contributed by atoms with Gasteiger partial charge in [-0.1, -0.05) is 30.9 Å². The average molecular weight is 316 g/mol. The third-order valence-electron chi connectivity index (χ3n) is 4.08. The minimum absolute atomic E-state index is 0.0183. The van der Waals surface area contributed by atoms with Crippen LogP contribution in [0.2, 0.25) is 0 Å². The molecule has 22 heavy (non-hydrogen) atoms. The van der Waals surface area contributed by atoms with Gasteiger partial charge in [0.05, 0.1) is 5.52 Å². The molecule has 0 saturated heterocycles. The zero-order valence-corrected chi connectivity index (χ0v) is 13.4. The molecule has 0 aliphatic heterocycles. The van der Waals surface area contributed by atoms with Crippen LogP contribution < -0.4 is 5.32 Å². The normalized spacial score (nSPS) is 16.4. The quantitative estimate of drug-likeness (QED) is 0.565. The highest BCUT2D eigenvalue weighted by Crippen LogP contribution is 2.35. The standard InChI is InChI=1S/C16H20N4OS/c1-10-7-8-13-12(9-10)14(15(21)18-13)19-20-16(22)17-11-5-3-2-4-6-11/h7-9,11,18,21H,2-6H2,1H3,(H,17,22). The van der Waals surface area contributed by atoms with Crippen molar-refractivity contribution in [2.24, 2.45) is 10.2 Å². The molecule has 0 atom stereocenters. The van der Waals surface area contributed by atoms with Gasteiger partial charge in [-0.05, 0) is 44.1 Å². The molecule has 0 bridgehead atoms. The van der Waals surface area contributed by atoms with E-state index in [-0.39, 0.29) is 5.88 Å². The van der Waals surface area contributed by atoms with Crippen molar-refractivity contribution < 1.29 is 5.11 Å². The van der Waals surface area contributed by atoms with Gasteiger partial charge in [0.1, 0.15) is 0 Å². The van der Waals surface area contributed by atoms with Crippen LogP contribution in [0.5, 0.6) is 5.88 Å². The molecule has 1 aromatic heterocycles. The first-order chi connectivity index (χ1) is 10.6. The molecule has 1 aliphatic carbocycles. The Morgan fingerprint density at radius 1 is 1.32 bits per heavy atom. The number of hydrogen-bond acceptors (Lipinski definition) is 3. The Morgan fingerprint density at radius 3 is 2.86 bits per heavy atom. The van der Waals surface area contributed by atoms with Crippen LogP contribution in [0.4, 0.5) is 5.69 Å². The van der Waals surface area contributed by atoms with Crippen molar-refractivity contribution in [2.75, 3.05) is 0 Å². The summed E-state index contributed by atoms with van der Waals surface area (Å²) in [4.78, 5) is 2.90. The Hall–Kier alpha value is -1.95. The molecular weight excluding hydrogens is 296 g/mol. The molecule has 0 amide bonds. The van der Waals surface area contributed by atoms with Crippen LogP contribution in [-0.4, -0.2) is 21.2 Å². The maximum Gasteiger partial charge on any atom is 0.218 e.